The maximum atomic E-state index is 10.1. The van der Waals surface area contributed by atoms with Gasteiger partial charge in [-0.25, -0.2) is 9.78 Å². The minimum absolute atomic E-state index is 0.0810. The minimum atomic E-state index is -0.990. The van der Waals surface area contributed by atoms with Crippen molar-refractivity contribution in [1.82, 2.24) is 10.3 Å². The number of hydrogen-bond donors (Lipinski definition) is 2. The zero-order valence-electron chi connectivity index (χ0n) is 8.65. The van der Waals surface area contributed by atoms with Crippen molar-refractivity contribution < 1.29 is 9.90 Å². The number of hydrogen-bond acceptors (Lipinski definition) is 3. The van der Waals surface area contributed by atoms with Gasteiger partial charge in [-0.2, -0.15) is 0 Å². The summed E-state index contributed by atoms with van der Waals surface area (Å²) in [7, 11) is 0. The average molecular weight is 208 g/mol. The summed E-state index contributed by atoms with van der Waals surface area (Å²) >= 11 is 0. The highest BCUT2D eigenvalue weighted by molar-refractivity contribution is 5.85. The first-order valence-corrected chi connectivity index (χ1v) is 5.16. The zero-order valence-corrected chi connectivity index (χ0v) is 8.65. The SMILES string of the molecule is C1CCNCC1.O=C(O)c1ccccn1. The molecule has 0 spiro atoms. The molecule has 0 saturated carbocycles. The Labute approximate surface area is 89.3 Å². The van der Waals surface area contributed by atoms with E-state index in [0.717, 1.165) is 0 Å². The molecule has 1 aromatic heterocycles. The lowest BCUT2D eigenvalue weighted by Gasteiger charge is -2.08. The summed E-state index contributed by atoms with van der Waals surface area (Å²) in [5.41, 5.74) is 0.0810. The van der Waals surface area contributed by atoms with Gasteiger partial charge in [0.25, 0.3) is 0 Å². The first-order chi connectivity index (χ1) is 7.30. The van der Waals surface area contributed by atoms with E-state index >= 15 is 0 Å². The van der Waals surface area contributed by atoms with Crippen molar-refractivity contribution in [1.29, 1.82) is 0 Å². The highest BCUT2D eigenvalue weighted by Crippen LogP contribution is 1.96. The molecule has 0 atom stereocenters. The Morgan fingerprint density at radius 1 is 1.27 bits per heavy atom. The Bertz CT molecular complexity index is 272. The predicted octanol–water partition coefficient (Wildman–Crippen LogP) is 1.54. The quantitative estimate of drug-likeness (QED) is 0.735. The number of carboxylic acids is 1. The van der Waals surface area contributed by atoms with E-state index in [-0.39, 0.29) is 5.69 Å². The topological polar surface area (TPSA) is 62.2 Å². The third kappa shape index (κ3) is 5.12. The second kappa shape index (κ2) is 6.95. The van der Waals surface area contributed by atoms with Crippen molar-refractivity contribution in [2.45, 2.75) is 19.3 Å². The number of rotatable bonds is 1. The molecule has 1 saturated heterocycles. The molecule has 0 radical (unpaired) electrons. The summed E-state index contributed by atoms with van der Waals surface area (Å²) in [6.45, 7) is 2.50. The fraction of sp³-hybridized carbons (Fsp3) is 0.455. The Hall–Kier alpha value is -1.42. The molecule has 2 rings (SSSR count). The van der Waals surface area contributed by atoms with Crippen LogP contribution in [0.3, 0.4) is 0 Å². The summed E-state index contributed by atoms with van der Waals surface area (Å²) < 4.78 is 0. The fourth-order valence-corrected chi connectivity index (χ4v) is 1.29. The van der Waals surface area contributed by atoms with E-state index in [4.69, 9.17) is 5.11 Å². The molecule has 0 amide bonds. The van der Waals surface area contributed by atoms with Crippen LogP contribution < -0.4 is 5.32 Å². The summed E-state index contributed by atoms with van der Waals surface area (Å²) in [5, 5.41) is 11.6. The average Bonchev–Trinajstić information content (AvgIpc) is 2.33. The molecule has 1 aliphatic heterocycles. The second-order valence-corrected chi connectivity index (χ2v) is 3.33. The summed E-state index contributed by atoms with van der Waals surface area (Å²) in [5.74, 6) is -0.990. The monoisotopic (exact) mass is 208 g/mol. The summed E-state index contributed by atoms with van der Waals surface area (Å²) in [6.07, 6.45) is 5.66. The van der Waals surface area contributed by atoms with E-state index in [1.54, 1.807) is 12.1 Å². The molecule has 2 heterocycles. The molecule has 1 aliphatic rings. The van der Waals surface area contributed by atoms with Gasteiger partial charge < -0.3 is 10.4 Å². The van der Waals surface area contributed by atoms with Crippen LogP contribution in [0.2, 0.25) is 0 Å². The van der Waals surface area contributed by atoms with Crippen molar-refractivity contribution in [2.75, 3.05) is 13.1 Å². The van der Waals surface area contributed by atoms with Crippen molar-refractivity contribution >= 4 is 5.97 Å². The van der Waals surface area contributed by atoms with Gasteiger partial charge in [-0.3, -0.25) is 0 Å². The van der Waals surface area contributed by atoms with Crippen LogP contribution >= 0.6 is 0 Å². The number of aromatic nitrogens is 1. The molecule has 15 heavy (non-hydrogen) atoms. The van der Waals surface area contributed by atoms with E-state index in [1.807, 2.05) is 0 Å². The van der Waals surface area contributed by atoms with Crippen molar-refractivity contribution in [3.8, 4) is 0 Å². The van der Waals surface area contributed by atoms with E-state index in [1.165, 1.54) is 44.6 Å². The smallest absolute Gasteiger partial charge is 0.354 e. The lowest BCUT2D eigenvalue weighted by atomic mass is 10.2. The molecular formula is C11H16N2O2. The molecule has 0 unspecified atom stereocenters. The lowest BCUT2D eigenvalue weighted by molar-refractivity contribution is 0.0690. The van der Waals surface area contributed by atoms with Crippen LogP contribution in [-0.4, -0.2) is 29.1 Å². The lowest BCUT2D eigenvalue weighted by Crippen LogP contribution is -2.21. The Morgan fingerprint density at radius 3 is 2.27 bits per heavy atom. The molecule has 82 valence electrons. The largest absolute Gasteiger partial charge is 0.477 e. The van der Waals surface area contributed by atoms with Crippen LogP contribution in [0.4, 0.5) is 0 Å². The summed E-state index contributed by atoms with van der Waals surface area (Å²) in [6, 6.07) is 4.76. The number of pyridine rings is 1. The van der Waals surface area contributed by atoms with Crippen molar-refractivity contribution in [3.05, 3.63) is 30.1 Å². The highest BCUT2D eigenvalue weighted by Gasteiger charge is 1.98. The zero-order chi connectivity index (χ0) is 10.9. The third-order valence-corrected chi connectivity index (χ3v) is 2.09. The van der Waals surface area contributed by atoms with Gasteiger partial charge >= 0.3 is 5.97 Å². The normalized spacial score (nSPS) is 14.9. The molecule has 1 aromatic rings. The van der Waals surface area contributed by atoms with E-state index < -0.39 is 5.97 Å². The Kier molecular flexibility index (Phi) is 5.40. The van der Waals surface area contributed by atoms with Gasteiger partial charge in [0, 0.05) is 6.20 Å². The van der Waals surface area contributed by atoms with E-state index in [0.29, 0.717) is 0 Å². The molecule has 0 aromatic carbocycles. The van der Waals surface area contributed by atoms with Gasteiger partial charge in [0.15, 0.2) is 0 Å². The molecule has 1 fully saturated rings. The first-order valence-electron chi connectivity index (χ1n) is 5.16. The molecule has 4 nitrogen and oxygen atoms in total. The summed E-state index contributed by atoms with van der Waals surface area (Å²) in [4.78, 5) is 13.7. The van der Waals surface area contributed by atoms with E-state index in [9.17, 15) is 4.79 Å². The number of aromatic carboxylic acids is 1. The van der Waals surface area contributed by atoms with Crippen LogP contribution in [-0.2, 0) is 0 Å². The second-order valence-electron chi connectivity index (χ2n) is 3.33. The Balaban J connectivity index is 0.000000162. The molecule has 2 N–H and O–H groups in total. The van der Waals surface area contributed by atoms with Gasteiger partial charge in [0.1, 0.15) is 5.69 Å². The molecule has 0 aliphatic carbocycles. The number of nitrogens with zero attached hydrogens (tertiary/aromatic N) is 1. The van der Waals surface area contributed by atoms with Crippen molar-refractivity contribution in [2.24, 2.45) is 0 Å². The maximum absolute atomic E-state index is 10.1. The van der Waals surface area contributed by atoms with Crippen LogP contribution in [0.1, 0.15) is 29.8 Å². The van der Waals surface area contributed by atoms with Gasteiger partial charge in [0.2, 0.25) is 0 Å². The number of piperidine rings is 1. The van der Waals surface area contributed by atoms with Crippen LogP contribution in [0.5, 0.6) is 0 Å². The molecule has 4 heteroatoms. The minimum Gasteiger partial charge on any atom is -0.477 e. The van der Waals surface area contributed by atoms with E-state index in [2.05, 4.69) is 10.3 Å². The van der Waals surface area contributed by atoms with Gasteiger partial charge in [-0.15, -0.1) is 0 Å². The predicted molar refractivity (Wildman–Crippen MR) is 57.9 cm³/mol. The number of carbonyl (C=O) groups is 1. The van der Waals surface area contributed by atoms with Gasteiger partial charge in [-0.05, 0) is 38.1 Å². The number of carboxylic acid groups (broad SMARTS) is 1. The van der Waals surface area contributed by atoms with Gasteiger partial charge in [-0.1, -0.05) is 12.5 Å². The maximum Gasteiger partial charge on any atom is 0.354 e. The standard InChI is InChI=1S/C6H5NO2.C5H11N/c8-6(9)5-3-1-2-4-7-5;1-2-4-6-5-3-1/h1-4H,(H,8,9);6H,1-5H2. The Morgan fingerprint density at radius 2 is 2.00 bits per heavy atom. The molecule has 0 bridgehead atoms. The van der Waals surface area contributed by atoms with Crippen LogP contribution in [0, 0.1) is 0 Å². The number of nitrogens with one attached hydrogen (secondary N) is 1. The molecular weight excluding hydrogens is 192 g/mol. The van der Waals surface area contributed by atoms with Gasteiger partial charge in [0.05, 0.1) is 0 Å². The first kappa shape index (κ1) is 11.7. The third-order valence-electron chi connectivity index (χ3n) is 2.09. The van der Waals surface area contributed by atoms with Crippen LogP contribution in [0.25, 0.3) is 0 Å². The van der Waals surface area contributed by atoms with Crippen molar-refractivity contribution in [3.63, 3.8) is 0 Å². The fourth-order valence-electron chi connectivity index (χ4n) is 1.29. The van der Waals surface area contributed by atoms with Crippen LogP contribution in [0.15, 0.2) is 24.4 Å². The highest BCUT2D eigenvalue weighted by atomic mass is 16.4.